The minimum absolute atomic E-state index is 0.00129. The molecule has 0 bridgehead atoms. The molecule has 136 valence electrons. The number of hydrogen-bond acceptors (Lipinski definition) is 3. The van der Waals surface area contributed by atoms with E-state index in [1.54, 1.807) is 0 Å². The molecule has 6 nitrogen and oxygen atoms in total. The molecule has 7 heteroatoms. The minimum Gasteiger partial charge on any atom is -0.356 e. The Balaban J connectivity index is 2.53. The molecule has 0 aliphatic carbocycles. The molecule has 1 amide bonds. The topological polar surface area (TPSA) is 69.7 Å². The zero-order valence-electron chi connectivity index (χ0n) is 15.0. The quantitative estimate of drug-likeness (QED) is 0.692. The first-order chi connectivity index (χ1) is 10.8. The highest BCUT2D eigenvalue weighted by Gasteiger charge is 2.33. The Kier molecular flexibility index (Phi) is 8.50. The summed E-state index contributed by atoms with van der Waals surface area (Å²) < 4.78 is 27.0. The Bertz CT molecular complexity index is 465. The summed E-state index contributed by atoms with van der Waals surface area (Å²) in [4.78, 5) is 12.4. The van der Waals surface area contributed by atoms with Gasteiger partial charge in [-0.05, 0) is 25.2 Å². The zero-order chi connectivity index (χ0) is 17.5. The number of carbonyl (C=O) groups excluding carboxylic acids is 1. The lowest BCUT2D eigenvalue weighted by atomic mass is 9.96. The fraction of sp³-hybridized carbons (Fsp3) is 0.938. The predicted octanol–water partition coefficient (Wildman–Crippen LogP) is 1.84. The van der Waals surface area contributed by atoms with Crippen molar-refractivity contribution in [3.63, 3.8) is 0 Å². The third-order valence-electron chi connectivity index (χ3n) is 4.65. The molecular weight excluding hydrogens is 314 g/mol. The lowest BCUT2D eigenvalue weighted by molar-refractivity contribution is -0.126. The summed E-state index contributed by atoms with van der Waals surface area (Å²) in [5.41, 5.74) is 0. The molecule has 0 aromatic heterocycles. The molecule has 0 spiro atoms. The second kappa shape index (κ2) is 9.59. The van der Waals surface area contributed by atoms with Crippen molar-refractivity contribution in [2.45, 2.75) is 52.4 Å². The summed E-state index contributed by atoms with van der Waals surface area (Å²) in [7, 11) is -0.375. The van der Waals surface area contributed by atoms with Gasteiger partial charge in [-0.25, -0.2) is 0 Å². The molecule has 0 aromatic carbocycles. The molecule has 1 N–H and O–H groups in total. The van der Waals surface area contributed by atoms with E-state index in [2.05, 4.69) is 19.2 Å². The minimum atomic E-state index is -3.43. The lowest BCUT2D eigenvalue weighted by Gasteiger charge is -2.33. The molecular formula is C16H33N3O3S. The lowest BCUT2D eigenvalue weighted by Crippen LogP contribution is -2.49. The van der Waals surface area contributed by atoms with E-state index in [0.717, 1.165) is 25.7 Å². The van der Waals surface area contributed by atoms with Crippen LogP contribution in [0.5, 0.6) is 0 Å². The van der Waals surface area contributed by atoms with Crippen LogP contribution in [0, 0.1) is 11.8 Å². The van der Waals surface area contributed by atoms with Gasteiger partial charge >= 0.3 is 0 Å². The smallest absolute Gasteiger partial charge is 0.281 e. The molecule has 1 heterocycles. The first-order valence-electron chi connectivity index (χ1n) is 8.78. The number of nitrogens with one attached hydrogen (secondary N) is 1. The van der Waals surface area contributed by atoms with E-state index in [1.165, 1.54) is 35.5 Å². The Morgan fingerprint density at radius 3 is 2.61 bits per heavy atom. The predicted molar refractivity (Wildman–Crippen MR) is 93.2 cm³/mol. The summed E-state index contributed by atoms with van der Waals surface area (Å²) in [6.45, 7) is 5.81. The summed E-state index contributed by atoms with van der Waals surface area (Å²) in [6.07, 6.45) is 6.05. The fourth-order valence-corrected chi connectivity index (χ4v) is 4.12. The van der Waals surface area contributed by atoms with Gasteiger partial charge in [0.15, 0.2) is 0 Å². The third-order valence-corrected chi connectivity index (χ3v) is 6.56. The van der Waals surface area contributed by atoms with Gasteiger partial charge in [0.25, 0.3) is 10.2 Å². The maximum absolute atomic E-state index is 12.4. The molecule has 0 aromatic rings. The molecule has 1 rings (SSSR count). The van der Waals surface area contributed by atoms with Crippen molar-refractivity contribution < 1.29 is 13.2 Å². The van der Waals surface area contributed by atoms with Crippen molar-refractivity contribution in [3.8, 4) is 0 Å². The summed E-state index contributed by atoms with van der Waals surface area (Å²) in [5, 5.41) is 3.04. The number of unbranched alkanes of at least 4 members (excludes halogenated alkanes) is 1. The number of hydrogen-bond donors (Lipinski definition) is 1. The Hall–Kier alpha value is -0.660. The van der Waals surface area contributed by atoms with E-state index in [1.807, 2.05) is 0 Å². The normalized spacial score (nSPS) is 21.3. The van der Waals surface area contributed by atoms with Crippen LogP contribution in [0.4, 0.5) is 0 Å². The van der Waals surface area contributed by atoms with Crippen LogP contribution in [0.3, 0.4) is 0 Å². The average Bonchev–Trinajstić information content (AvgIpc) is 2.54. The van der Waals surface area contributed by atoms with Crippen LogP contribution in [0.25, 0.3) is 0 Å². The molecule has 0 radical (unpaired) electrons. The second-order valence-electron chi connectivity index (χ2n) is 6.65. The molecule has 1 aliphatic heterocycles. The first-order valence-corrected chi connectivity index (χ1v) is 10.2. The maximum atomic E-state index is 12.4. The van der Waals surface area contributed by atoms with Gasteiger partial charge in [0, 0.05) is 33.7 Å². The van der Waals surface area contributed by atoms with Gasteiger partial charge in [0.2, 0.25) is 5.91 Å². The SMILES string of the molecule is CCCC[C@H](CC)CNC(=O)[C@H]1CCCN(S(=O)(=O)N(C)C)C1. The Labute approximate surface area is 141 Å². The van der Waals surface area contributed by atoms with Crippen molar-refractivity contribution in [1.29, 1.82) is 0 Å². The fourth-order valence-electron chi connectivity index (χ4n) is 2.93. The maximum Gasteiger partial charge on any atom is 0.281 e. The standard InChI is InChI=1S/C16H33N3O3S/c1-5-7-9-14(6-2)12-17-16(20)15-10-8-11-19(13-15)23(21,22)18(3)4/h14-15H,5-13H2,1-4H3,(H,17,20)/t14-,15-/m0/s1. The van der Waals surface area contributed by atoms with Crippen molar-refractivity contribution >= 4 is 16.1 Å². The van der Waals surface area contributed by atoms with Crippen LogP contribution in [-0.4, -0.2) is 56.7 Å². The van der Waals surface area contributed by atoms with Crippen molar-refractivity contribution in [1.82, 2.24) is 13.9 Å². The van der Waals surface area contributed by atoms with Crippen molar-refractivity contribution in [2.24, 2.45) is 11.8 Å². The van der Waals surface area contributed by atoms with Crippen LogP contribution in [0.2, 0.25) is 0 Å². The van der Waals surface area contributed by atoms with Crippen LogP contribution >= 0.6 is 0 Å². The molecule has 0 unspecified atom stereocenters. The van der Waals surface area contributed by atoms with Gasteiger partial charge < -0.3 is 5.32 Å². The van der Waals surface area contributed by atoms with Crippen LogP contribution in [0.15, 0.2) is 0 Å². The number of rotatable bonds is 9. The van der Waals surface area contributed by atoms with Crippen LogP contribution in [0.1, 0.15) is 52.4 Å². The molecule has 1 fully saturated rings. The number of piperidine rings is 1. The molecule has 0 saturated carbocycles. The highest BCUT2D eigenvalue weighted by atomic mass is 32.2. The highest BCUT2D eigenvalue weighted by Crippen LogP contribution is 2.20. The molecule has 2 atom stereocenters. The number of amides is 1. The summed E-state index contributed by atoms with van der Waals surface area (Å²) in [5.74, 6) is 0.282. The van der Waals surface area contributed by atoms with Crippen molar-refractivity contribution in [3.05, 3.63) is 0 Å². The van der Waals surface area contributed by atoms with E-state index >= 15 is 0 Å². The van der Waals surface area contributed by atoms with E-state index in [9.17, 15) is 13.2 Å². The van der Waals surface area contributed by atoms with Gasteiger partial charge in [0.1, 0.15) is 0 Å². The van der Waals surface area contributed by atoms with E-state index in [0.29, 0.717) is 19.0 Å². The summed E-state index contributed by atoms with van der Waals surface area (Å²) >= 11 is 0. The van der Waals surface area contributed by atoms with Gasteiger partial charge in [-0.2, -0.15) is 17.0 Å². The molecule has 1 aliphatic rings. The Morgan fingerprint density at radius 1 is 1.35 bits per heavy atom. The molecule has 23 heavy (non-hydrogen) atoms. The van der Waals surface area contributed by atoms with Crippen molar-refractivity contribution in [2.75, 3.05) is 33.7 Å². The first kappa shape index (κ1) is 20.4. The van der Waals surface area contributed by atoms with Gasteiger partial charge in [-0.1, -0.05) is 33.1 Å². The average molecular weight is 348 g/mol. The van der Waals surface area contributed by atoms with E-state index < -0.39 is 10.2 Å². The summed E-state index contributed by atoms with van der Waals surface area (Å²) in [6, 6.07) is 0. The van der Waals surface area contributed by atoms with Crippen LogP contribution < -0.4 is 5.32 Å². The largest absolute Gasteiger partial charge is 0.356 e. The van der Waals surface area contributed by atoms with Gasteiger partial charge in [-0.15, -0.1) is 0 Å². The van der Waals surface area contributed by atoms with Gasteiger partial charge in [0.05, 0.1) is 5.92 Å². The van der Waals surface area contributed by atoms with E-state index in [-0.39, 0.29) is 18.4 Å². The van der Waals surface area contributed by atoms with Crippen LogP contribution in [-0.2, 0) is 15.0 Å². The molecule has 1 saturated heterocycles. The third kappa shape index (κ3) is 6.04. The second-order valence-corrected chi connectivity index (χ2v) is 8.79. The van der Waals surface area contributed by atoms with Gasteiger partial charge in [-0.3, -0.25) is 4.79 Å². The number of nitrogens with zero attached hydrogens (tertiary/aromatic N) is 2. The Morgan fingerprint density at radius 2 is 2.04 bits per heavy atom. The highest BCUT2D eigenvalue weighted by molar-refractivity contribution is 7.86. The monoisotopic (exact) mass is 347 g/mol. The van der Waals surface area contributed by atoms with E-state index in [4.69, 9.17) is 0 Å². The number of carbonyl (C=O) groups is 1. The zero-order valence-corrected chi connectivity index (χ0v) is 15.9.